The first kappa shape index (κ1) is 36.7. The van der Waals surface area contributed by atoms with Gasteiger partial charge in [0.15, 0.2) is 0 Å². The van der Waals surface area contributed by atoms with E-state index < -0.39 is 0 Å². The van der Waals surface area contributed by atoms with Crippen LogP contribution in [0.5, 0.6) is 0 Å². The zero-order chi connectivity index (χ0) is 44.1. The summed E-state index contributed by atoms with van der Waals surface area (Å²) in [6.07, 6.45) is 0. The molecule has 66 heavy (non-hydrogen) atoms. The fraction of sp³-hybridized carbons (Fsp3) is 0.129. The number of rotatable bonds is 1. The Balaban J connectivity index is 1.12. The summed E-state index contributed by atoms with van der Waals surface area (Å²) < 4.78 is 7.77. The van der Waals surface area contributed by atoms with E-state index in [4.69, 9.17) is 0 Å². The highest BCUT2D eigenvalue weighted by Crippen LogP contribution is 2.47. The van der Waals surface area contributed by atoms with Gasteiger partial charge in [-0.15, -0.1) is 0 Å². The lowest BCUT2D eigenvalue weighted by Crippen LogP contribution is -2.59. The monoisotopic (exact) mass is 843 g/mol. The molecule has 0 atom stereocenters. The van der Waals surface area contributed by atoms with E-state index >= 15 is 0 Å². The molecule has 0 amide bonds. The summed E-state index contributed by atoms with van der Waals surface area (Å²) in [5, 5.41) is 15.5. The van der Waals surface area contributed by atoms with Crippen LogP contribution in [0.3, 0.4) is 0 Å². The summed E-state index contributed by atoms with van der Waals surface area (Å²) in [5.74, 6) is 0. The van der Waals surface area contributed by atoms with Crippen molar-refractivity contribution in [3.05, 3.63) is 181 Å². The van der Waals surface area contributed by atoms with Crippen LogP contribution in [0, 0.1) is 0 Å². The first-order chi connectivity index (χ1) is 32.0. The highest BCUT2D eigenvalue weighted by Gasteiger charge is 2.42. The Morgan fingerprint density at radius 3 is 1.45 bits per heavy atom. The molecule has 0 fully saturated rings. The number of nitrogens with zero attached hydrogens (tertiary/aromatic N) is 3. The first-order valence-electron chi connectivity index (χ1n) is 23.6. The number of fused-ring (bicyclic) bond motifs is 20. The maximum absolute atomic E-state index is 2.65. The maximum Gasteiger partial charge on any atom is 0.252 e. The van der Waals surface area contributed by atoms with Crippen molar-refractivity contribution in [3.63, 3.8) is 0 Å². The summed E-state index contributed by atoms with van der Waals surface area (Å²) >= 11 is 0. The molecule has 0 bridgehead atoms. The zero-order valence-corrected chi connectivity index (χ0v) is 38.1. The van der Waals surface area contributed by atoms with Crippen LogP contribution < -0.4 is 16.4 Å². The SMILES string of the molecule is CC(C)(C)c1ccc2c(c1)c1cc(C(C)(C)C)ccc1n2-c1ccc2c(c1)c1ccccc1c1c3c4c(cc21)-n1c2ccccc2c2cccc(c21)B4c1cccc2c4ccccc4n-3c12. The summed E-state index contributed by atoms with van der Waals surface area (Å²) in [6.45, 7) is 14.0. The molecule has 0 aliphatic carbocycles. The Labute approximate surface area is 383 Å². The topological polar surface area (TPSA) is 14.8 Å². The van der Waals surface area contributed by atoms with Crippen LogP contribution in [0.2, 0.25) is 0 Å². The minimum atomic E-state index is 0.0350. The minimum Gasteiger partial charge on any atom is -0.310 e. The predicted octanol–water partition coefficient (Wildman–Crippen LogP) is 14.2. The Morgan fingerprint density at radius 2 is 0.848 bits per heavy atom. The molecular formula is C62H46BN3. The van der Waals surface area contributed by atoms with E-state index in [2.05, 4.69) is 225 Å². The number of hydrogen-bond donors (Lipinski definition) is 0. The zero-order valence-electron chi connectivity index (χ0n) is 38.1. The molecule has 2 aliphatic rings. The van der Waals surface area contributed by atoms with Crippen molar-refractivity contribution >= 4 is 121 Å². The molecule has 4 heteroatoms. The van der Waals surface area contributed by atoms with E-state index in [1.165, 1.54) is 142 Å². The van der Waals surface area contributed by atoms with Crippen molar-refractivity contribution in [1.29, 1.82) is 0 Å². The van der Waals surface area contributed by atoms with E-state index in [-0.39, 0.29) is 17.5 Å². The Kier molecular flexibility index (Phi) is 6.80. The average molecular weight is 844 g/mol. The highest BCUT2D eigenvalue weighted by atomic mass is 15.0. The van der Waals surface area contributed by atoms with Crippen molar-refractivity contribution in [2.75, 3.05) is 0 Å². The maximum atomic E-state index is 2.65. The normalized spacial score (nSPS) is 13.6. The smallest absolute Gasteiger partial charge is 0.252 e. The van der Waals surface area contributed by atoms with Crippen molar-refractivity contribution in [3.8, 4) is 17.1 Å². The van der Waals surface area contributed by atoms with Gasteiger partial charge in [-0.3, -0.25) is 0 Å². The molecule has 0 N–H and O–H groups in total. The van der Waals surface area contributed by atoms with Crippen LogP contribution in [0.1, 0.15) is 52.7 Å². The van der Waals surface area contributed by atoms with Crippen LogP contribution in [0.15, 0.2) is 170 Å². The van der Waals surface area contributed by atoms with Gasteiger partial charge >= 0.3 is 0 Å². The molecule has 312 valence electrons. The lowest BCUT2D eigenvalue weighted by Gasteiger charge is -2.35. The fourth-order valence-corrected chi connectivity index (χ4v) is 12.7. The van der Waals surface area contributed by atoms with Crippen molar-refractivity contribution in [1.82, 2.24) is 13.7 Å². The molecule has 5 heterocycles. The third kappa shape index (κ3) is 4.50. The lowest BCUT2D eigenvalue weighted by atomic mass is 9.34. The molecule has 3 nitrogen and oxygen atoms in total. The Bertz CT molecular complexity index is 4300. The summed E-state index contributed by atoms with van der Waals surface area (Å²) in [5.41, 5.74) is 18.3. The van der Waals surface area contributed by atoms with E-state index in [1.807, 2.05) is 0 Å². The summed E-state index contributed by atoms with van der Waals surface area (Å²) in [7, 11) is 0. The number of hydrogen-bond acceptors (Lipinski definition) is 0. The second kappa shape index (κ2) is 12.2. The van der Waals surface area contributed by atoms with Gasteiger partial charge in [-0.25, -0.2) is 0 Å². The van der Waals surface area contributed by atoms with Gasteiger partial charge in [0.25, 0.3) is 6.71 Å². The molecule has 10 aromatic carbocycles. The van der Waals surface area contributed by atoms with Gasteiger partial charge in [-0.2, -0.15) is 0 Å². The minimum absolute atomic E-state index is 0.0350. The Morgan fingerprint density at radius 1 is 0.348 bits per heavy atom. The fourth-order valence-electron chi connectivity index (χ4n) is 12.7. The van der Waals surface area contributed by atoms with E-state index in [0.29, 0.717) is 0 Å². The van der Waals surface area contributed by atoms with E-state index in [9.17, 15) is 0 Å². The van der Waals surface area contributed by atoms with Gasteiger partial charge in [-0.1, -0.05) is 157 Å². The third-order valence-corrected chi connectivity index (χ3v) is 15.7. The standard InChI is InChI=1S/C62H46BN3/c1-61(2,3)35-25-29-53-46(31-35)47-32-36(62(4,5)6)26-30-54(47)64(53)37-27-28-39-45(33-37)38-15-7-8-18-42(38)56-48(39)34-55-57-60(56)66-52-24-12-10-17-41(52)44-20-14-22-50(59(44)66)63(57)49-21-13-19-43-40-16-9-11-23-51(40)65(55)58(43)49/h7-34H,1-6H3. The van der Waals surface area contributed by atoms with Gasteiger partial charge in [0.1, 0.15) is 0 Å². The van der Waals surface area contributed by atoms with Crippen molar-refractivity contribution < 1.29 is 0 Å². The quantitative estimate of drug-likeness (QED) is 0.116. The Hall–Kier alpha value is -7.56. The van der Waals surface area contributed by atoms with Gasteiger partial charge in [0.2, 0.25) is 0 Å². The average Bonchev–Trinajstić information content (AvgIpc) is 3.97. The van der Waals surface area contributed by atoms with E-state index in [1.54, 1.807) is 0 Å². The molecule has 0 saturated carbocycles. The van der Waals surface area contributed by atoms with Crippen LogP contribution in [0.4, 0.5) is 0 Å². The number of benzene rings is 10. The van der Waals surface area contributed by atoms with Gasteiger partial charge < -0.3 is 13.7 Å². The lowest BCUT2D eigenvalue weighted by molar-refractivity contribution is 0.590. The molecule has 0 spiro atoms. The second-order valence-electron chi connectivity index (χ2n) is 21.3. The molecule has 0 unspecified atom stereocenters. The van der Waals surface area contributed by atoms with Crippen molar-refractivity contribution in [2.45, 2.75) is 52.4 Å². The van der Waals surface area contributed by atoms with Gasteiger partial charge in [-0.05, 0) is 120 Å². The molecule has 13 aromatic rings. The molecule has 0 radical (unpaired) electrons. The number of para-hydroxylation sites is 4. The van der Waals surface area contributed by atoms with Gasteiger partial charge in [0, 0.05) is 60.1 Å². The molecule has 0 saturated heterocycles. The van der Waals surface area contributed by atoms with Crippen LogP contribution in [-0.2, 0) is 10.8 Å². The molecule has 2 aliphatic heterocycles. The molecular weight excluding hydrogens is 798 g/mol. The van der Waals surface area contributed by atoms with E-state index in [0.717, 1.165) is 0 Å². The second-order valence-corrected chi connectivity index (χ2v) is 21.3. The predicted molar refractivity (Wildman–Crippen MR) is 284 cm³/mol. The van der Waals surface area contributed by atoms with Gasteiger partial charge in [0.05, 0.1) is 27.8 Å². The highest BCUT2D eigenvalue weighted by molar-refractivity contribution is 7.00. The summed E-state index contributed by atoms with van der Waals surface area (Å²) in [6, 6.07) is 65.5. The third-order valence-electron chi connectivity index (χ3n) is 15.7. The molecule has 15 rings (SSSR count). The number of aromatic nitrogens is 3. The van der Waals surface area contributed by atoms with Crippen LogP contribution >= 0.6 is 0 Å². The van der Waals surface area contributed by atoms with Crippen molar-refractivity contribution in [2.24, 2.45) is 0 Å². The largest absolute Gasteiger partial charge is 0.310 e. The molecule has 3 aromatic heterocycles. The first-order valence-corrected chi connectivity index (χ1v) is 23.6. The summed E-state index contributed by atoms with van der Waals surface area (Å²) in [4.78, 5) is 0. The van der Waals surface area contributed by atoms with Crippen LogP contribution in [0.25, 0.3) is 115 Å². The van der Waals surface area contributed by atoms with Crippen LogP contribution in [-0.4, -0.2) is 20.4 Å².